The highest BCUT2D eigenvalue weighted by Crippen LogP contribution is 2.35. The summed E-state index contributed by atoms with van der Waals surface area (Å²) in [5.74, 6) is 1.24. The third-order valence-corrected chi connectivity index (χ3v) is 6.59. The summed E-state index contributed by atoms with van der Waals surface area (Å²) < 4.78 is 1.83. The summed E-state index contributed by atoms with van der Waals surface area (Å²) in [6.07, 6.45) is 1.75. The van der Waals surface area contributed by atoms with Gasteiger partial charge in [-0.25, -0.2) is 4.68 Å². The normalized spacial score (nSPS) is 10.8. The highest BCUT2D eigenvalue weighted by Gasteiger charge is 2.20. The standard InChI is InChI=1S/C25H18ClN7S/c26-22-8-4-5-9-23(22)33-25(34-17-20-6-2-1-3-7-20)21(15-28-33)24-29-31-32(30-24)16-19-12-10-18(14-27)11-13-19/h1-13,15H,16-17H2. The van der Waals surface area contributed by atoms with Crippen LogP contribution in [0.4, 0.5) is 0 Å². The lowest BCUT2D eigenvalue weighted by Crippen LogP contribution is -2.04. The Morgan fingerprint density at radius 3 is 2.44 bits per heavy atom. The predicted molar refractivity (Wildman–Crippen MR) is 132 cm³/mol. The molecule has 0 spiro atoms. The van der Waals surface area contributed by atoms with E-state index in [9.17, 15) is 0 Å². The molecule has 34 heavy (non-hydrogen) atoms. The van der Waals surface area contributed by atoms with E-state index < -0.39 is 0 Å². The number of tetrazole rings is 1. The molecule has 0 aliphatic heterocycles. The van der Waals surface area contributed by atoms with Gasteiger partial charge in [0.1, 0.15) is 5.03 Å². The van der Waals surface area contributed by atoms with Crippen LogP contribution in [0.1, 0.15) is 16.7 Å². The number of thioether (sulfide) groups is 1. The van der Waals surface area contributed by atoms with Crippen LogP contribution < -0.4 is 0 Å². The zero-order valence-corrected chi connectivity index (χ0v) is 19.5. The van der Waals surface area contributed by atoms with Crippen molar-refractivity contribution in [1.82, 2.24) is 30.0 Å². The maximum absolute atomic E-state index is 8.98. The highest BCUT2D eigenvalue weighted by atomic mass is 35.5. The molecule has 5 rings (SSSR count). The molecule has 7 nitrogen and oxygen atoms in total. The molecule has 0 unspecified atom stereocenters. The lowest BCUT2D eigenvalue weighted by atomic mass is 10.1. The molecule has 166 valence electrons. The van der Waals surface area contributed by atoms with Gasteiger partial charge in [0.15, 0.2) is 0 Å². The largest absolute Gasteiger partial charge is 0.225 e. The zero-order valence-electron chi connectivity index (χ0n) is 17.9. The van der Waals surface area contributed by atoms with Gasteiger partial charge in [0, 0.05) is 5.75 Å². The fraction of sp³-hybridized carbons (Fsp3) is 0.0800. The number of nitrogens with zero attached hydrogens (tertiary/aromatic N) is 7. The Kier molecular flexibility index (Phi) is 6.38. The average molecular weight is 484 g/mol. The van der Waals surface area contributed by atoms with Gasteiger partial charge in [0.05, 0.1) is 40.6 Å². The fourth-order valence-electron chi connectivity index (χ4n) is 3.42. The molecule has 2 heterocycles. The number of aromatic nitrogens is 6. The van der Waals surface area contributed by atoms with E-state index in [0.29, 0.717) is 23.0 Å². The Hall–Kier alpha value is -3.93. The Morgan fingerprint density at radius 2 is 1.68 bits per heavy atom. The van der Waals surface area contributed by atoms with E-state index in [0.717, 1.165) is 27.6 Å². The molecule has 0 radical (unpaired) electrons. The number of hydrogen-bond donors (Lipinski definition) is 0. The van der Waals surface area contributed by atoms with Crippen LogP contribution in [0.5, 0.6) is 0 Å². The Labute approximate surface area is 205 Å². The quantitative estimate of drug-likeness (QED) is 0.288. The van der Waals surface area contributed by atoms with Crippen molar-refractivity contribution >= 4 is 23.4 Å². The SMILES string of the molecule is N#Cc1ccc(Cn2nnc(-c3cnn(-c4ccccc4Cl)c3SCc3ccccc3)n2)cc1. The third-order valence-electron chi connectivity index (χ3n) is 5.12. The predicted octanol–water partition coefficient (Wildman–Crippen LogP) is 5.39. The highest BCUT2D eigenvalue weighted by molar-refractivity contribution is 7.98. The van der Waals surface area contributed by atoms with Crippen molar-refractivity contribution in [3.05, 3.63) is 107 Å². The number of nitriles is 1. The van der Waals surface area contributed by atoms with Crippen molar-refractivity contribution in [2.24, 2.45) is 0 Å². The van der Waals surface area contributed by atoms with Gasteiger partial charge >= 0.3 is 0 Å². The van der Waals surface area contributed by atoms with Crippen LogP contribution in [0, 0.1) is 11.3 Å². The van der Waals surface area contributed by atoms with Gasteiger partial charge in [0.2, 0.25) is 5.82 Å². The topological polar surface area (TPSA) is 85.2 Å². The zero-order chi connectivity index (χ0) is 23.3. The van der Waals surface area contributed by atoms with E-state index >= 15 is 0 Å². The van der Waals surface area contributed by atoms with E-state index in [-0.39, 0.29) is 0 Å². The molecule has 2 aromatic heterocycles. The molecule has 0 bridgehead atoms. The summed E-state index contributed by atoms with van der Waals surface area (Å²) in [6, 6.07) is 27.3. The number of halogens is 1. The fourth-order valence-corrected chi connectivity index (χ4v) is 4.70. The van der Waals surface area contributed by atoms with Crippen molar-refractivity contribution < 1.29 is 0 Å². The molecule has 3 aromatic carbocycles. The first-order valence-corrected chi connectivity index (χ1v) is 11.8. The second-order valence-electron chi connectivity index (χ2n) is 7.45. The second-order valence-corrected chi connectivity index (χ2v) is 8.82. The Bertz CT molecular complexity index is 1450. The van der Waals surface area contributed by atoms with Crippen molar-refractivity contribution in [2.45, 2.75) is 17.3 Å². The van der Waals surface area contributed by atoms with Gasteiger partial charge in [-0.2, -0.15) is 15.2 Å². The molecule has 5 aromatic rings. The molecular formula is C25H18ClN7S. The van der Waals surface area contributed by atoms with Crippen molar-refractivity contribution in [3.63, 3.8) is 0 Å². The lowest BCUT2D eigenvalue weighted by molar-refractivity contribution is 0.573. The second kappa shape index (κ2) is 9.91. The number of benzene rings is 3. The van der Waals surface area contributed by atoms with Crippen LogP contribution in [-0.2, 0) is 12.3 Å². The Morgan fingerprint density at radius 1 is 0.912 bits per heavy atom. The molecule has 0 amide bonds. The summed E-state index contributed by atoms with van der Waals surface area (Å²) in [7, 11) is 0. The van der Waals surface area contributed by atoms with Crippen molar-refractivity contribution in [3.8, 4) is 23.1 Å². The first-order chi connectivity index (χ1) is 16.7. The Balaban J connectivity index is 1.47. The number of hydrogen-bond acceptors (Lipinski definition) is 6. The summed E-state index contributed by atoms with van der Waals surface area (Å²) in [5, 5.41) is 28.2. The van der Waals surface area contributed by atoms with E-state index in [1.807, 2.05) is 59.3 Å². The van der Waals surface area contributed by atoms with E-state index in [1.54, 1.807) is 30.1 Å². The first-order valence-electron chi connectivity index (χ1n) is 10.5. The minimum atomic E-state index is 0.448. The van der Waals surface area contributed by atoms with Crippen molar-refractivity contribution in [2.75, 3.05) is 0 Å². The van der Waals surface area contributed by atoms with Gasteiger partial charge < -0.3 is 0 Å². The number of rotatable bonds is 7. The maximum Gasteiger partial charge on any atom is 0.209 e. The van der Waals surface area contributed by atoms with E-state index in [2.05, 4.69) is 38.7 Å². The molecule has 0 N–H and O–H groups in total. The lowest BCUT2D eigenvalue weighted by Gasteiger charge is -2.10. The molecule has 0 saturated carbocycles. The summed E-state index contributed by atoms with van der Waals surface area (Å²) in [5.41, 5.74) is 4.36. The summed E-state index contributed by atoms with van der Waals surface area (Å²) >= 11 is 8.12. The molecule has 0 saturated heterocycles. The summed E-state index contributed by atoms with van der Waals surface area (Å²) in [6.45, 7) is 0.448. The molecule has 0 aliphatic rings. The number of para-hydroxylation sites is 1. The van der Waals surface area contributed by atoms with Crippen LogP contribution >= 0.6 is 23.4 Å². The van der Waals surface area contributed by atoms with Crippen LogP contribution in [0.25, 0.3) is 17.1 Å². The maximum atomic E-state index is 8.98. The van der Waals surface area contributed by atoms with Gasteiger partial charge in [0.25, 0.3) is 0 Å². The van der Waals surface area contributed by atoms with E-state index in [4.69, 9.17) is 16.9 Å². The monoisotopic (exact) mass is 483 g/mol. The average Bonchev–Trinajstić information content (AvgIpc) is 3.51. The minimum Gasteiger partial charge on any atom is -0.225 e. The molecule has 0 aliphatic carbocycles. The molecule has 0 fully saturated rings. The van der Waals surface area contributed by atoms with Crippen LogP contribution in [0.2, 0.25) is 5.02 Å². The van der Waals surface area contributed by atoms with E-state index in [1.165, 1.54) is 10.4 Å². The summed E-state index contributed by atoms with van der Waals surface area (Å²) in [4.78, 5) is 1.54. The van der Waals surface area contributed by atoms with Gasteiger partial charge in [-0.05, 0) is 40.6 Å². The molecule has 9 heteroatoms. The molecular weight excluding hydrogens is 466 g/mol. The smallest absolute Gasteiger partial charge is 0.209 e. The molecule has 0 atom stereocenters. The van der Waals surface area contributed by atoms with Gasteiger partial charge in [-0.3, -0.25) is 0 Å². The van der Waals surface area contributed by atoms with Crippen LogP contribution in [0.3, 0.4) is 0 Å². The first kappa shape index (κ1) is 21.9. The van der Waals surface area contributed by atoms with Crippen LogP contribution in [-0.4, -0.2) is 30.0 Å². The van der Waals surface area contributed by atoms with Crippen LogP contribution in [0.15, 0.2) is 90.1 Å². The van der Waals surface area contributed by atoms with Crippen molar-refractivity contribution in [1.29, 1.82) is 5.26 Å². The van der Waals surface area contributed by atoms with Gasteiger partial charge in [-0.15, -0.1) is 22.0 Å². The van der Waals surface area contributed by atoms with Gasteiger partial charge in [-0.1, -0.05) is 66.2 Å². The third kappa shape index (κ3) is 4.71. The minimum absolute atomic E-state index is 0.448.